The Labute approximate surface area is 122 Å². The van der Waals surface area contributed by atoms with Crippen molar-refractivity contribution in [2.45, 2.75) is 6.61 Å². The van der Waals surface area contributed by atoms with Crippen molar-refractivity contribution in [3.05, 3.63) is 63.6 Å². The lowest BCUT2D eigenvalue weighted by Crippen LogP contribution is -2.07. The summed E-state index contributed by atoms with van der Waals surface area (Å²) in [7, 11) is 0. The highest BCUT2D eigenvalue weighted by molar-refractivity contribution is 9.10. The number of hydrogen-bond acceptors (Lipinski definition) is 3. The predicted octanol–water partition coefficient (Wildman–Crippen LogP) is 3.67. The average Bonchev–Trinajstić information content (AvgIpc) is 2.42. The van der Waals surface area contributed by atoms with Gasteiger partial charge in [0, 0.05) is 10.0 Å². The summed E-state index contributed by atoms with van der Waals surface area (Å²) in [6.45, 7) is -0.240. The van der Waals surface area contributed by atoms with E-state index in [1.54, 1.807) is 0 Å². The summed E-state index contributed by atoms with van der Waals surface area (Å²) in [5.41, 5.74) is 5.50. The Kier molecular flexibility index (Phi) is 4.34. The molecule has 0 atom stereocenters. The van der Waals surface area contributed by atoms with Crippen molar-refractivity contribution in [3.8, 4) is 0 Å². The maximum Gasteiger partial charge on any atom is 0.338 e. The fourth-order valence-electron chi connectivity index (χ4n) is 1.53. The molecule has 20 heavy (non-hydrogen) atoms. The minimum Gasteiger partial charge on any atom is -0.457 e. The summed E-state index contributed by atoms with van der Waals surface area (Å²) in [5.74, 6) is -1.93. The molecule has 0 aliphatic heterocycles. The molecule has 0 aliphatic carbocycles. The van der Waals surface area contributed by atoms with Crippen molar-refractivity contribution in [1.29, 1.82) is 0 Å². The van der Waals surface area contributed by atoms with Crippen LogP contribution in [-0.2, 0) is 11.3 Å². The van der Waals surface area contributed by atoms with Crippen LogP contribution in [0.15, 0.2) is 40.9 Å². The van der Waals surface area contributed by atoms with Crippen LogP contribution in [0.2, 0.25) is 0 Å². The number of hydrogen-bond donors (Lipinski definition) is 1. The molecule has 0 bridgehead atoms. The number of rotatable bonds is 3. The van der Waals surface area contributed by atoms with Crippen molar-refractivity contribution in [2.75, 3.05) is 5.73 Å². The average molecular weight is 342 g/mol. The Morgan fingerprint density at radius 1 is 1.15 bits per heavy atom. The van der Waals surface area contributed by atoms with Crippen LogP contribution < -0.4 is 5.73 Å². The number of carbonyl (C=O) groups is 1. The second-order valence-corrected chi connectivity index (χ2v) is 4.96. The van der Waals surface area contributed by atoms with Gasteiger partial charge in [-0.05, 0) is 36.4 Å². The van der Waals surface area contributed by atoms with Gasteiger partial charge in [0.05, 0.1) is 11.3 Å². The zero-order valence-electron chi connectivity index (χ0n) is 10.2. The topological polar surface area (TPSA) is 52.3 Å². The van der Waals surface area contributed by atoms with Crippen molar-refractivity contribution in [1.82, 2.24) is 0 Å². The van der Waals surface area contributed by atoms with Crippen molar-refractivity contribution in [3.63, 3.8) is 0 Å². The van der Waals surface area contributed by atoms with E-state index < -0.39 is 17.6 Å². The monoisotopic (exact) mass is 341 g/mol. The van der Waals surface area contributed by atoms with E-state index in [-0.39, 0.29) is 23.4 Å². The number of nitrogen functional groups attached to an aromatic ring is 1. The second-order valence-electron chi connectivity index (χ2n) is 4.05. The maximum atomic E-state index is 13.5. The van der Waals surface area contributed by atoms with E-state index >= 15 is 0 Å². The molecule has 0 aliphatic rings. The molecule has 0 unspecified atom stereocenters. The zero-order chi connectivity index (χ0) is 14.7. The fraction of sp³-hybridized carbons (Fsp3) is 0.0714. The lowest BCUT2D eigenvalue weighted by molar-refractivity contribution is 0.0468. The Hall–Kier alpha value is -1.95. The molecule has 2 aromatic rings. The van der Waals surface area contributed by atoms with E-state index in [4.69, 9.17) is 10.5 Å². The number of nitrogens with two attached hydrogens (primary N) is 1. The number of anilines is 1. The van der Waals surface area contributed by atoms with Crippen LogP contribution in [0.5, 0.6) is 0 Å². The highest BCUT2D eigenvalue weighted by Gasteiger charge is 2.11. The standard InChI is InChI=1S/C14H10BrF2NO2/c15-10-2-3-11(16)9(5-10)7-20-14(19)8-1-4-13(18)12(17)6-8/h1-6H,7,18H2. The summed E-state index contributed by atoms with van der Waals surface area (Å²) in [5, 5.41) is 0. The van der Waals surface area contributed by atoms with Crippen molar-refractivity contribution < 1.29 is 18.3 Å². The number of esters is 1. The highest BCUT2D eigenvalue weighted by Crippen LogP contribution is 2.18. The van der Waals surface area contributed by atoms with Crippen LogP contribution in [0.1, 0.15) is 15.9 Å². The first-order valence-corrected chi connectivity index (χ1v) is 6.43. The van der Waals surface area contributed by atoms with Crippen molar-refractivity contribution >= 4 is 27.6 Å². The van der Waals surface area contributed by atoms with Gasteiger partial charge in [0.2, 0.25) is 0 Å². The summed E-state index contributed by atoms with van der Waals surface area (Å²) in [6.07, 6.45) is 0. The molecule has 2 aromatic carbocycles. The number of benzene rings is 2. The van der Waals surface area contributed by atoms with E-state index in [2.05, 4.69) is 15.9 Å². The molecule has 0 heterocycles. The largest absolute Gasteiger partial charge is 0.457 e. The molecule has 0 radical (unpaired) electrons. The molecule has 2 N–H and O–H groups in total. The smallest absolute Gasteiger partial charge is 0.338 e. The maximum absolute atomic E-state index is 13.5. The van der Waals surface area contributed by atoms with Crippen molar-refractivity contribution in [2.24, 2.45) is 0 Å². The van der Waals surface area contributed by atoms with Gasteiger partial charge in [-0.3, -0.25) is 0 Å². The molecule has 0 fully saturated rings. The first-order valence-electron chi connectivity index (χ1n) is 5.63. The van der Waals surface area contributed by atoms with Crippen LogP contribution in [0.25, 0.3) is 0 Å². The van der Waals surface area contributed by atoms with Gasteiger partial charge in [-0.15, -0.1) is 0 Å². The molecule has 104 valence electrons. The second kappa shape index (κ2) is 6.00. The Morgan fingerprint density at radius 3 is 2.60 bits per heavy atom. The van der Waals surface area contributed by atoms with Gasteiger partial charge in [-0.2, -0.15) is 0 Å². The molecular formula is C14H10BrF2NO2. The van der Waals surface area contributed by atoms with E-state index in [0.29, 0.717) is 4.47 Å². The number of carbonyl (C=O) groups excluding carboxylic acids is 1. The molecular weight excluding hydrogens is 332 g/mol. The molecule has 3 nitrogen and oxygen atoms in total. The SMILES string of the molecule is Nc1ccc(C(=O)OCc2cc(Br)ccc2F)cc1F. The first kappa shape index (κ1) is 14.5. The van der Waals surface area contributed by atoms with Gasteiger partial charge < -0.3 is 10.5 Å². The Balaban J connectivity index is 2.08. The van der Waals surface area contributed by atoms with Gasteiger partial charge in [-0.1, -0.05) is 15.9 Å². The van der Waals surface area contributed by atoms with Crippen LogP contribution in [-0.4, -0.2) is 5.97 Å². The number of ether oxygens (including phenoxy) is 1. The lowest BCUT2D eigenvalue weighted by Gasteiger charge is -2.07. The van der Waals surface area contributed by atoms with Crippen LogP contribution in [0.3, 0.4) is 0 Å². The van der Waals surface area contributed by atoms with Gasteiger partial charge in [0.25, 0.3) is 0 Å². The zero-order valence-corrected chi connectivity index (χ0v) is 11.8. The summed E-state index contributed by atoms with van der Waals surface area (Å²) in [6, 6.07) is 7.90. The van der Waals surface area contributed by atoms with E-state index in [9.17, 15) is 13.6 Å². The van der Waals surface area contributed by atoms with Gasteiger partial charge in [0.1, 0.15) is 18.2 Å². The van der Waals surface area contributed by atoms with Crippen LogP contribution in [0.4, 0.5) is 14.5 Å². The molecule has 0 spiro atoms. The minimum atomic E-state index is -0.747. The lowest BCUT2D eigenvalue weighted by atomic mass is 10.2. The quantitative estimate of drug-likeness (QED) is 0.684. The van der Waals surface area contributed by atoms with Crippen LogP contribution in [0, 0.1) is 11.6 Å². The van der Waals surface area contributed by atoms with E-state index in [0.717, 1.165) is 6.07 Å². The Morgan fingerprint density at radius 2 is 1.90 bits per heavy atom. The predicted molar refractivity (Wildman–Crippen MR) is 74.0 cm³/mol. The third-order valence-electron chi connectivity index (χ3n) is 2.60. The van der Waals surface area contributed by atoms with E-state index in [1.807, 2.05) is 0 Å². The first-order chi connectivity index (χ1) is 9.47. The molecule has 0 amide bonds. The normalized spacial score (nSPS) is 10.3. The molecule has 0 saturated carbocycles. The third kappa shape index (κ3) is 3.33. The minimum absolute atomic E-state index is 0.0205. The fourth-order valence-corrected chi connectivity index (χ4v) is 1.94. The van der Waals surface area contributed by atoms with Gasteiger partial charge >= 0.3 is 5.97 Å². The Bertz CT molecular complexity index is 662. The summed E-state index contributed by atoms with van der Waals surface area (Å²) >= 11 is 3.20. The third-order valence-corrected chi connectivity index (χ3v) is 3.10. The van der Waals surface area contributed by atoms with Gasteiger partial charge in [-0.25, -0.2) is 13.6 Å². The molecule has 0 aromatic heterocycles. The van der Waals surface area contributed by atoms with Crippen LogP contribution >= 0.6 is 15.9 Å². The summed E-state index contributed by atoms with van der Waals surface area (Å²) < 4.78 is 32.3. The van der Waals surface area contributed by atoms with Gasteiger partial charge in [0.15, 0.2) is 0 Å². The molecule has 2 rings (SSSR count). The van der Waals surface area contributed by atoms with E-state index in [1.165, 1.54) is 30.3 Å². The molecule has 6 heteroatoms. The highest BCUT2D eigenvalue weighted by atomic mass is 79.9. The summed E-state index contributed by atoms with van der Waals surface area (Å²) in [4.78, 5) is 11.7. The molecule has 0 saturated heterocycles. The number of halogens is 3.